The Morgan fingerprint density at radius 3 is 0.930 bits per heavy atom. The zero-order chi connectivity index (χ0) is 59.2. The molecule has 0 radical (unpaired) electrons. The van der Waals surface area contributed by atoms with Crippen molar-refractivity contribution in [3.05, 3.63) is 23.3 Å². The second-order valence-electron chi connectivity index (χ2n) is 34.5. The maximum Gasteiger partial charge on any atom is 0.0609 e. The summed E-state index contributed by atoms with van der Waals surface area (Å²) in [5.74, 6) is 19.1. The number of rotatable bonds is 24. The molecule has 0 aromatic heterocycles. The van der Waals surface area contributed by atoms with E-state index in [0.717, 1.165) is 143 Å². The summed E-state index contributed by atoms with van der Waals surface area (Å²) in [5, 5.41) is 0. The van der Waals surface area contributed by atoms with Crippen LogP contribution in [0.25, 0.3) is 0 Å². The summed E-state index contributed by atoms with van der Waals surface area (Å²) in [7, 11) is 0. The number of hydrogen-bond acceptors (Lipinski definition) is 2. The molecule has 11 saturated carbocycles. The van der Waals surface area contributed by atoms with Gasteiger partial charge in [0.15, 0.2) is 0 Å². The van der Waals surface area contributed by atoms with E-state index in [1.165, 1.54) is 308 Å². The average Bonchev–Trinajstić information content (AvgIpc) is 0.892. The van der Waals surface area contributed by atoms with Gasteiger partial charge in [0.2, 0.25) is 0 Å². The van der Waals surface area contributed by atoms with Crippen LogP contribution >= 0.6 is 0 Å². The Labute approximate surface area is 535 Å². The van der Waals surface area contributed by atoms with Crippen molar-refractivity contribution in [2.45, 2.75) is 362 Å². The maximum atomic E-state index is 7.82. The normalized spacial score (nSPS) is 40.0. The summed E-state index contributed by atoms with van der Waals surface area (Å²) in [6.45, 7) is 17.5. The Morgan fingerprint density at radius 2 is 0.640 bits per heavy atom. The lowest BCUT2D eigenvalue weighted by atomic mass is 9.43. The fourth-order valence-corrected chi connectivity index (χ4v) is 24.9. The number of allylic oxidation sites excluding steroid dienone is 4. The Bertz CT molecular complexity index is 1750. The molecule has 492 valence electrons. The van der Waals surface area contributed by atoms with E-state index >= 15 is 0 Å². The van der Waals surface area contributed by atoms with E-state index in [4.69, 9.17) is 9.47 Å². The van der Waals surface area contributed by atoms with E-state index in [1.807, 2.05) is 11.1 Å². The van der Waals surface area contributed by atoms with Crippen molar-refractivity contribution in [1.29, 1.82) is 0 Å². The monoisotopic (exact) mass is 1190 g/mol. The summed E-state index contributed by atoms with van der Waals surface area (Å²) in [5.41, 5.74) is 3.98. The van der Waals surface area contributed by atoms with Crippen LogP contribution in [0.3, 0.4) is 0 Å². The van der Waals surface area contributed by atoms with Gasteiger partial charge in [-0.3, -0.25) is 0 Å². The van der Waals surface area contributed by atoms with Gasteiger partial charge in [0.25, 0.3) is 0 Å². The van der Waals surface area contributed by atoms with Crippen LogP contribution in [-0.4, -0.2) is 25.4 Å². The van der Waals surface area contributed by atoms with Crippen LogP contribution in [0.5, 0.6) is 0 Å². The zero-order valence-electron chi connectivity index (χ0n) is 58.2. The predicted molar refractivity (Wildman–Crippen MR) is 368 cm³/mol. The Balaban J connectivity index is 0.821. The van der Waals surface area contributed by atoms with Gasteiger partial charge < -0.3 is 9.47 Å². The van der Waals surface area contributed by atoms with E-state index in [-0.39, 0.29) is 0 Å². The van der Waals surface area contributed by atoms with Gasteiger partial charge in [-0.2, -0.15) is 0 Å². The molecule has 14 unspecified atom stereocenters. The van der Waals surface area contributed by atoms with E-state index < -0.39 is 0 Å². The molecule has 0 bridgehead atoms. The predicted octanol–water partition coefficient (Wildman–Crippen LogP) is 25.2. The molecule has 0 saturated heterocycles. The third-order valence-electron chi connectivity index (χ3n) is 29.6. The Hall–Kier alpha value is -0.600. The molecule has 11 aliphatic carbocycles. The number of unbranched alkanes of at least 4 members (excludes halogenated alkanes) is 2. The Morgan fingerprint density at radius 1 is 0.337 bits per heavy atom. The van der Waals surface area contributed by atoms with Crippen LogP contribution in [0.2, 0.25) is 0 Å². The van der Waals surface area contributed by atoms with Gasteiger partial charge in [0, 0.05) is 13.2 Å². The first-order valence-electron chi connectivity index (χ1n) is 41.0. The zero-order valence-corrected chi connectivity index (χ0v) is 58.2. The van der Waals surface area contributed by atoms with Gasteiger partial charge in [-0.05, 0) is 297 Å². The molecule has 11 rings (SSSR count). The molecule has 2 nitrogen and oxygen atoms in total. The van der Waals surface area contributed by atoms with Gasteiger partial charge in [0.1, 0.15) is 0 Å². The topological polar surface area (TPSA) is 18.5 Å². The smallest absolute Gasteiger partial charge is 0.0609 e. The first kappa shape index (κ1) is 66.8. The van der Waals surface area contributed by atoms with Crippen LogP contribution in [0.15, 0.2) is 23.3 Å². The molecule has 0 spiro atoms. The molecule has 0 aromatic carbocycles. The van der Waals surface area contributed by atoms with Crippen LogP contribution < -0.4 is 0 Å². The van der Waals surface area contributed by atoms with Crippen LogP contribution in [0.1, 0.15) is 350 Å². The first-order valence-corrected chi connectivity index (χ1v) is 41.0. The van der Waals surface area contributed by atoms with Crippen molar-refractivity contribution in [2.24, 2.45) is 130 Å². The van der Waals surface area contributed by atoms with Gasteiger partial charge in [0.05, 0.1) is 12.2 Å². The summed E-state index contributed by atoms with van der Waals surface area (Å²) < 4.78 is 15.6. The van der Waals surface area contributed by atoms with Crippen molar-refractivity contribution < 1.29 is 9.47 Å². The number of ether oxygens (including phenoxy) is 2. The minimum absolute atomic E-state index is 0.484. The molecule has 2 heteroatoms. The molecule has 0 amide bonds. The highest BCUT2D eigenvalue weighted by Crippen LogP contribution is 2.65. The molecule has 0 N–H and O–H groups in total. The van der Waals surface area contributed by atoms with E-state index in [0.29, 0.717) is 12.2 Å². The van der Waals surface area contributed by atoms with E-state index in [2.05, 4.69) is 53.7 Å². The molecular weight excluding hydrogens is 1040 g/mol. The molecule has 0 aliphatic heterocycles. The summed E-state index contributed by atoms with van der Waals surface area (Å²) in [6, 6.07) is 0. The molecule has 14 atom stereocenters. The van der Waals surface area contributed by atoms with Crippen molar-refractivity contribution >= 4 is 0 Å². The van der Waals surface area contributed by atoms with Crippen LogP contribution in [0.4, 0.5) is 0 Å². The minimum Gasteiger partial charge on any atom is -0.378 e. The average molecular weight is 1190 g/mol. The quantitative estimate of drug-likeness (QED) is 0.0897. The number of hydrogen-bond donors (Lipinski definition) is 0. The second-order valence-corrected chi connectivity index (χ2v) is 34.5. The molecule has 0 aromatic rings. The largest absolute Gasteiger partial charge is 0.378 e. The molecule has 11 fully saturated rings. The highest BCUT2D eigenvalue weighted by molar-refractivity contribution is 5.17. The SMILES string of the molecule is CCCCC(CC)COC1CC(C2CCC(C=C(C3CCCCC3)C3CCCCC3)CC2)C(C)CC1C1C2CCCCC2C(C2CC(C)C(C3CCC(C=C(C4CCCCC4)C4CCCCC4)CC3)CC2OCC(CC)CCCC)C2CCCCC21. The highest BCUT2D eigenvalue weighted by atomic mass is 16.5. The molecule has 0 heterocycles. The van der Waals surface area contributed by atoms with Crippen molar-refractivity contribution in [3.8, 4) is 0 Å². The van der Waals surface area contributed by atoms with Gasteiger partial charge >= 0.3 is 0 Å². The lowest BCUT2D eigenvalue weighted by Crippen LogP contribution is -2.58. The standard InChI is InChI=1S/C84H144O2/c1-7-11-29-61(9-3)57-85-81-55-75(69-47-43-63(44-48-69)53-77(65-31-17-13-18-32-65)66-33-19-14-20-34-66)59(5)51-79(81)83-71-39-25-27-41-73(71)84(74-42-28-26-40-72(74)83)80-52-60(6)76(56-82(80)86-58-62(10-4)30-12-8-2)70-49-45-64(46-50-70)54-78(67-35-21-15-22-36-67)68-37-23-16-24-38-68/h53-54,59-76,79-84H,7-52,55-58H2,1-6H3. The van der Waals surface area contributed by atoms with E-state index in [1.54, 1.807) is 0 Å². The summed E-state index contributed by atoms with van der Waals surface area (Å²) in [6.07, 6.45) is 77.2. The van der Waals surface area contributed by atoms with Crippen molar-refractivity contribution in [2.75, 3.05) is 13.2 Å². The molecule has 11 aliphatic rings. The third-order valence-corrected chi connectivity index (χ3v) is 29.6. The molecule has 86 heavy (non-hydrogen) atoms. The lowest BCUT2D eigenvalue weighted by Gasteiger charge is -2.62. The van der Waals surface area contributed by atoms with E-state index in [9.17, 15) is 0 Å². The van der Waals surface area contributed by atoms with Crippen LogP contribution in [-0.2, 0) is 9.47 Å². The first-order chi connectivity index (χ1) is 42.3. The summed E-state index contributed by atoms with van der Waals surface area (Å²) in [4.78, 5) is 0. The highest BCUT2D eigenvalue weighted by Gasteiger charge is 2.59. The fraction of sp³-hybridized carbons (Fsp3) is 0.952. The minimum atomic E-state index is 0.484. The third kappa shape index (κ3) is 16.8. The van der Waals surface area contributed by atoms with Crippen LogP contribution in [0, 0.1) is 130 Å². The van der Waals surface area contributed by atoms with Gasteiger partial charge in [-0.25, -0.2) is 0 Å². The second kappa shape index (κ2) is 34.0. The molecular formula is C84H144O2. The van der Waals surface area contributed by atoms with Gasteiger partial charge in [-0.1, -0.05) is 206 Å². The number of fused-ring (bicyclic) bond motifs is 2. The van der Waals surface area contributed by atoms with Crippen molar-refractivity contribution in [1.82, 2.24) is 0 Å². The summed E-state index contributed by atoms with van der Waals surface area (Å²) >= 11 is 0. The maximum absolute atomic E-state index is 7.82. The fourth-order valence-electron chi connectivity index (χ4n) is 24.9. The van der Waals surface area contributed by atoms with Gasteiger partial charge in [-0.15, -0.1) is 0 Å². The Kier molecular flexibility index (Phi) is 26.4. The lowest BCUT2D eigenvalue weighted by molar-refractivity contribution is -0.176. The van der Waals surface area contributed by atoms with Crippen molar-refractivity contribution in [3.63, 3.8) is 0 Å².